The van der Waals surface area contributed by atoms with E-state index in [-0.39, 0.29) is 10.8 Å². The molecule has 0 aliphatic rings. The van der Waals surface area contributed by atoms with Crippen molar-refractivity contribution >= 4 is 51.5 Å². The number of hydrogen-bond acceptors (Lipinski definition) is 1. The molecule has 0 bridgehead atoms. The van der Waals surface area contributed by atoms with Crippen molar-refractivity contribution in [3.63, 3.8) is 0 Å². The van der Waals surface area contributed by atoms with Gasteiger partial charge in [0.15, 0.2) is 0 Å². The van der Waals surface area contributed by atoms with Gasteiger partial charge in [0.1, 0.15) is 5.82 Å². The number of nitrogens with one attached hydrogen (secondary N) is 1. The van der Waals surface area contributed by atoms with E-state index in [4.69, 9.17) is 23.2 Å². The van der Waals surface area contributed by atoms with Gasteiger partial charge in [-0.2, -0.15) is 0 Å². The molecular weight excluding hydrogens is 387 g/mol. The Morgan fingerprint density at radius 1 is 1.17 bits per heavy atom. The van der Waals surface area contributed by atoms with Gasteiger partial charge in [0, 0.05) is 26.4 Å². The molecule has 0 aliphatic heterocycles. The van der Waals surface area contributed by atoms with Gasteiger partial charge < -0.3 is 5.32 Å². The number of hydrogen-bond donors (Lipinski definition) is 1. The Morgan fingerprint density at radius 3 is 2.67 bits per heavy atom. The van der Waals surface area contributed by atoms with Gasteiger partial charge in [-0.15, -0.1) is 0 Å². The van der Waals surface area contributed by atoms with Crippen LogP contribution in [0.4, 0.5) is 10.1 Å². The number of benzene rings is 2. The highest BCUT2D eigenvalue weighted by atomic mass is 127. The van der Waals surface area contributed by atoms with Gasteiger partial charge in [0.05, 0.1) is 5.02 Å². The Hall–Kier alpha value is -0.520. The summed E-state index contributed by atoms with van der Waals surface area (Å²) in [5.41, 5.74) is 1.45. The normalized spacial score (nSPS) is 10.4. The van der Waals surface area contributed by atoms with Crippen molar-refractivity contribution in [2.75, 3.05) is 5.32 Å². The van der Waals surface area contributed by atoms with Crippen molar-refractivity contribution < 1.29 is 4.39 Å². The molecule has 0 aliphatic carbocycles. The summed E-state index contributed by atoms with van der Waals surface area (Å²) in [7, 11) is 0. The molecule has 0 atom stereocenters. The summed E-state index contributed by atoms with van der Waals surface area (Å²) in [6.07, 6.45) is 0. The zero-order valence-electron chi connectivity index (χ0n) is 9.18. The zero-order chi connectivity index (χ0) is 13.1. The fourth-order valence-corrected chi connectivity index (χ4v) is 2.76. The summed E-state index contributed by atoms with van der Waals surface area (Å²) in [5, 5.41) is 3.98. The van der Waals surface area contributed by atoms with E-state index in [9.17, 15) is 4.39 Å². The topological polar surface area (TPSA) is 12.0 Å². The Balaban J connectivity index is 2.14. The molecule has 5 heteroatoms. The molecule has 0 radical (unpaired) electrons. The fourth-order valence-electron chi connectivity index (χ4n) is 1.51. The van der Waals surface area contributed by atoms with Gasteiger partial charge in [-0.05, 0) is 46.9 Å². The summed E-state index contributed by atoms with van der Waals surface area (Å²) in [5.74, 6) is -0.379. The van der Waals surface area contributed by atoms with Crippen molar-refractivity contribution in [1.82, 2.24) is 0 Å². The first kappa shape index (κ1) is 13.9. The molecule has 2 aromatic carbocycles. The Morgan fingerprint density at radius 2 is 1.94 bits per heavy atom. The van der Waals surface area contributed by atoms with Crippen molar-refractivity contribution in [2.24, 2.45) is 0 Å². The summed E-state index contributed by atoms with van der Waals surface area (Å²) in [4.78, 5) is 0. The van der Waals surface area contributed by atoms with Gasteiger partial charge in [0.2, 0.25) is 0 Å². The first-order chi connectivity index (χ1) is 8.58. The predicted molar refractivity (Wildman–Crippen MR) is 82.9 cm³/mol. The monoisotopic (exact) mass is 395 g/mol. The molecule has 1 nitrogen and oxygen atoms in total. The summed E-state index contributed by atoms with van der Waals surface area (Å²) < 4.78 is 14.7. The lowest BCUT2D eigenvalue weighted by Crippen LogP contribution is -2.03. The molecule has 0 saturated carbocycles. The second-order valence-corrected chi connectivity index (χ2v) is 5.70. The minimum absolute atomic E-state index is 0.139. The van der Waals surface area contributed by atoms with E-state index in [1.54, 1.807) is 18.2 Å². The van der Waals surface area contributed by atoms with Crippen LogP contribution in [0.1, 0.15) is 5.56 Å². The average molecular weight is 396 g/mol. The quantitative estimate of drug-likeness (QED) is 0.690. The molecule has 0 spiro atoms. The van der Waals surface area contributed by atoms with Crippen LogP contribution in [0, 0.1) is 9.39 Å². The van der Waals surface area contributed by atoms with E-state index in [0.29, 0.717) is 17.1 Å². The second-order valence-electron chi connectivity index (χ2n) is 3.69. The van der Waals surface area contributed by atoms with E-state index in [1.807, 2.05) is 12.1 Å². The smallest absolute Gasteiger partial charge is 0.146 e. The largest absolute Gasteiger partial charge is 0.380 e. The minimum atomic E-state index is -0.379. The second kappa shape index (κ2) is 6.08. The molecule has 0 heterocycles. The van der Waals surface area contributed by atoms with E-state index in [0.717, 1.165) is 9.26 Å². The molecule has 0 amide bonds. The lowest BCUT2D eigenvalue weighted by Gasteiger charge is -2.10. The maximum absolute atomic E-state index is 13.7. The van der Waals surface area contributed by atoms with E-state index in [2.05, 4.69) is 27.9 Å². The maximum Gasteiger partial charge on any atom is 0.146 e. The molecule has 0 saturated heterocycles. The van der Waals surface area contributed by atoms with Crippen molar-refractivity contribution in [2.45, 2.75) is 6.54 Å². The van der Waals surface area contributed by atoms with E-state index < -0.39 is 0 Å². The van der Waals surface area contributed by atoms with Gasteiger partial charge in [0.25, 0.3) is 0 Å². The Kier molecular flexibility index (Phi) is 4.70. The minimum Gasteiger partial charge on any atom is -0.380 e. The summed E-state index contributed by atoms with van der Waals surface area (Å²) in [6, 6.07) is 10.5. The number of anilines is 1. The molecule has 0 fully saturated rings. The molecule has 1 N–H and O–H groups in total. The molecule has 0 unspecified atom stereocenters. The van der Waals surface area contributed by atoms with Gasteiger partial charge in [-0.1, -0.05) is 35.3 Å². The van der Waals surface area contributed by atoms with E-state index >= 15 is 0 Å². The lowest BCUT2D eigenvalue weighted by atomic mass is 10.2. The van der Waals surface area contributed by atoms with Crippen LogP contribution in [0.5, 0.6) is 0 Å². The third kappa shape index (κ3) is 3.28. The molecule has 94 valence electrons. The van der Waals surface area contributed by atoms with Crippen LogP contribution >= 0.6 is 45.8 Å². The van der Waals surface area contributed by atoms with Crippen LogP contribution in [-0.4, -0.2) is 0 Å². The zero-order valence-corrected chi connectivity index (χ0v) is 12.9. The van der Waals surface area contributed by atoms with Crippen LogP contribution in [0.15, 0.2) is 36.4 Å². The molecule has 2 aromatic rings. The van der Waals surface area contributed by atoms with Crippen LogP contribution in [0.2, 0.25) is 10.0 Å². The highest BCUT2D eigenvalue weighted by molar-refractivity contribution is 14.1. The Bertz CT molecular complexity index is 575. The van der Waals surface area contributed by atoms with Crippen molar-refractivity contribution in [3.8, 4) is 0 Å². The number of rotatable bonds is 3. The average Bonchev–Trinajstić information content (AvgIpc) is 2.33. The first-order valence-corrected chi connectivity index (χ1v) is 7.03. The van der Waals surface area contributed by atoms with Gasteiger partial charge >= 0.3 is 0 Å². The number of halogens is 4. The Labute approximate surface area is 128 Å². The van der Waals surface area contributed by atoms with Crippen LogP contribution in [0.25, 0.3) is 0 Å². The summed E-state index contributed by atoms with van der Waals surface area (Å²) in [6.45, 7) is 0.379. The lowest BCUT2D eigenvalue weighted by molar-refractivity contribution is 0.613. The third-order valence-corrected chi connectivity index (χ3v) is 3.85. The van der Waals surface area contributed by atoms with Gasteiger partial charge in [-0.25, -0.2) is 4.39 Å². The van der Waals surface area contributed by atoms with Gasteiger partial charge in [-0.3, -0.25) is 0 Å². The molecule has 2 rings (SSSR count). The third-order valence-electron chi connectivity index (χ3n) is 2.43. The molecule has 18 heavy (non-hydrogen) atoms. The van der Waals surface area contributed by atoms with Crippen LogP contribution in [-0.2, 0) is 6.54 Å². The first-order valence-electron chi connectivity index (χ1n) is 5.20. The highest BCUT2D eigenvalue weighted by Gasteiger charge is 2.06. The van der Waals surface area contributed by atoms with E-state index in [1.165, 1.54) is 6.07 Å². The molecular formula is C13H9Cl2FIN. The standard InChI is InChI=1S/C13H9Cl2FIN/c14-9-4-5-12(11(17)6-9)18-7-8-2-1-3-10(15)13(8)16/h1-6,18H,7H2. The van der Waals surface area contributed by atoms with Crippen LogP contribution < -0.4 is 5.32 Å². The predicted octanol–water partition coefficient (Wildman–Crippen LogP) is 5.35. The SMILES string of the molecule is Fc1c(Cl)cccc1CNc1ccc(Cl)cc1I. The fraction of sp³-hybridized carbons (Fsp3) is 0.0769. The highest BCUT2D eigenvalue weighted by Crippen LogP contribution is 2.24. The van der Waals surface area contributed by atoms with Crippen molar-refractivity contribution in [1.29, 1.82) is 0 Å². The summed E-state index contributed by atoms with van der Waals surface area (Å²) >= 11 is 13.8. The van der Waals surface area contributed by atoms with Crippen LogP contribution in [0.3, 0.4) is 0 Å². The van der Waals surface area contributed by atoms with Crippen molar-refractivity contribution in [3.05, 3.63) is 61.4 Å². The molecule has 0 aromatic heterocycles. The maximum atomic E-state index is 13.7.